The highest BCUT2D eigenvalue weighted by atomic mass is 16.4. The van der Waals surface area contributed by atoms with Gasteiger partial charge in [0.05, 0.1) is 0 Å². The van der Waals surface area contributed by atoms with Gasteiger partial charge in [-0.1, -0.05) is 13.3 Å². The largest absolute Gasteiger partial charge is 0.481 e. The maximum atomic E-state index is 10.2. The number of aliphatic carboxylic acids is 1. The fourth-order valence-electron chi connectivity index (χ4n) is 1.01. The van der Waals surface area contributed by atoms with E-state index in [4.69, 9.17) is 5.11 Å². The van der Waals surface area contributed by atoms with Crippen molar-refractivity contribution in [1.29, 1.82) is 0 Å². The molecule has 1 N–H and O–H groups in total. The number of carboxylic acids is 1. The lowest BCUT2D eigenvalue weighted by Gasteiger charge is -2.03. The topological polar surface area (TPSA) is 54.4 Å². The van der Waals surface area contributed by atoms with Crippen LogP contribution in [0.25, 0.3) is 0 Å². The van der Waals surface area contributed by atoms with Crippen molar-refractivity contribution in [3.63, 3.8) is 0 Å². The fourth-order valence-corrected chi connectivity index (χ4v) is 1.01. The number of carbonyl (C=O) groups excluding carboxylic acids is 1. The second-order valence-electron chi connectivity index (χ2n) is 2.86. The lowest BCUT2D eigenvalue weighted by Crippen LogP contribution is -2.00. The van der Waals surface area contributed by atoms with Crippen molar-refractivity contribution in [1.82, 2.24) is 0 Å². The summed E-state index contributed by atoms with van der Waals surface area (Å²) in [4.78, 5) is 20.3. The van der Waals surface area contributed by atoms with Gasteiger partial charge in [0.1, 0.15) is 0 Å². The van der Waals surface area contributed by atoms with Gasteiger partial charge in [0.2, 0.25) is 6.29 Å². The Labute approximate surface area is 72.8 Å². The van der Waals surface area contributed by atoms with Gasteiger partial charge < -0.3 is 5.11 Å². The molecule has 0 rings (SSSR count). The quantitative estimate of drug-likeness (QED) is 0.594. The predicted molar refractivity (Wildman–Crippen MR) is 45.6 cm³/mol. The lowest BCUT2D eigenvalue weighted by molar-refractivity contribution is -0.137. The highest BCUT2D eigenvalue weighted by Crippen LogP contribution is 2.10. The van der Waals surface area contributed by atoms with Gasteiger partial charge in [-0.05, 0) is 19.3 Å². The zero-order valence-electron chi connectivity index (χ0n) is 7.38. The van der Waals surface area contributed by atoms with Crippen LogP contribution in [0.3, 0.4) is 0 Å². The van der Waals surface area contributed by atoms with Crippen LogP contribution in [-0.2, 0) is 9.59 Å². The third kappa shape index (κ3) is 5.89. The Morgan fingerprint density at radius 2 is 2.17 bits per heavy atom. The molecule has 3 nitrogen and oxygen atoms in total. The summed E-state index contributed by atoms with van der Waals surface area (Å²) in [6, 6.07) is 0. The van der Waals surface area contributed by atoms with Crippen molar-refractivity contribution in [3.05, 3.63) is 0 Å². The highest BCUT2D eigenvalue weighted by molar-refractivity contribution is 5.66. The maximum absolute atomic E-state index is 10.2. The third-order valence-electron chi connectivity index (χ3n) is 1.85. The minimum absolute atomic E-state index is 0.00112. The van der Waals surface area contributed by atoms with Gasteiger partial charge in [0.25, 0.3) is 0 Å². The summed E-state index contributed by atoms with van der Waals surface area (Å²) in [6.45, 7) is 1.94. The van der Waals surface area contributed by atoms with Gasteiger partial charge in [0, 0.05) is 12.3 Å². The summed E-state index contributed by atoms with van der Waals surface area (Å²) in [5.74, 6) is -0.767. The van der Waals surface area contributed by atoms with Gasteiger partial charge >= 0.3 is 5.97 Å². The van der Waals surface area contributed by atoms with Crippen molar-refractivity contribution < 1.29 is 14.7 Å². The summed E-state index contributed by atoms with van der Waals surface area (Å²) in [7, 11) is 0. The average molecular weight is 171 g/mol. The van der Waals surface area contributed by atoms with Crippen LogP contribution in [0.15, 0.2) is 0 Å². The molecule has 0 aliphatic rings. The van der Waals surface area contributed by atoms with E-state index in [-0.39, 0.29) is 12.3 Å². The SMILES string of the molecule is CCC([C]=O)CCCCC(=O)O. The summed E-state index contributed by atoms with van der Waals surface area (Å²) >= 11 is 0. The molecule has 0 heterocycles. The van der Waals surface area contributed by atoms with E-state index in [1.807, 2.05) is 13.2 Å². The highest BCUT2D eigenvalue weighted by Gasteiger charge is 2.05. The number of carbonyl (C=O) groups is 1. The number of hydrogen-bond donors (Lipinski definition) is 1. The predicted octanol–water partition coefficient (Wildman–Crippen LogP) is 1.77. The molecular weight excluding hydrogens is 156 g/mol. The van der Waals surface area contributed by atoms with Gasteiger partial charge in [0.15, 0.2) is 0 Å². The Kier molecular flexibility index (Phi) is 6.34. The van der Waals surface area contributed by atoms with E-state index in [9.17, 15) is 9.59 Å². The summed E-state index contributed by atoms with van der Waals surface area (Å²) in [6.07, 6.45) is 5.19. The van der Waals surface area contributed by atoms with E-state index in [0.717, 1.165) is 19.3 Å². The minimum atomic E-state index is -0.766. The van der Waals surface area contributed by atoms with Crippen LogP contribution in [0, 0.1) is 5.92 Å². The molecule has 0 aliphatic carbocycles. The molecule has 69 valence electrons. The number of unbranched alkanes of at least 4 members (excludes halogenated alkanes) is 1. The Morgan fingerprint density at radius 3 is 2.58 bits per heavy atom. The molecule has 1 radical (unpaired) electrons. The van der Waals surface area contributed by atoms with Crippen molar-refractivity contribution in [2.24, 2.45) is 5.92 Å². The molecule has 0 fully saturated rings. The van der Waals surface area contributed by atoms with E-state index >= 15 is 0 Å². The number of carboxylic acid groups (broad SMARTS) is 1. The molecule has 1 unspecified atom stereocenters. The molecule has 0 aromatic rings. The zero-order chi connectivity index (χ0) is 9.40. The first-order valence-electron chi connectivity index (χ1n) is 4.30. The second kappa shape index (κ2) is 6.83. The molecule has 0 spiro atoms. The van der Waals surface area contributed by atoms with Gasteiger partial charge in [-0.25, -0.2) is 0 Å². The summed E-state index contributed by atoms with van der Waals surface area (Å²) < 4.78 is 0. The van der Waals surface area contributed by atoms with Crippen LogP contribution >= 0.6 is 0 Å². The van der Waals surface area contributed by atoms with E-state index in [1.165, 1.54) is 0 Å². The molecule has 0 bridgehead atoms. The van der Waals surface area contributed by atoms with Crippen molar-refractivity contribution >= 4 is 12.3 Å². The van der Waals surface area contributed by atoms with Gasteiger partial charge in [-0.3, -0.25) is 9.59 Å². The standard InChI is InChI=1S/C9H15O3/c1-2-8(7-10)5-3-4-6-9(11)12/h8H,2-6H2,1H3,(H,11,12). The van der Waals surface area contributed by atoms with Crippen LogP contribution in [-0.4, -0.2) is 17.4 Å². The van der Waals surface area contributed by atoms with E-state index < -0.39 is 5.97 Å². The zero-order valence-corrected chi connectivity index (χ0v) is 7.38. The normalized spacial score (nSPS) is 12.4. The third-order valence-corrected chi connectivity index (χ3v) is 1.85. The summed E-state index contributed by atoms with van der Waals surface area (Å²) in [5, 5.41) is 8.32. The Balaban J connectivity index is 3.29. The molecule has 12 heavy (non-hydrogen) atoms. The van der Waals surface area contributed by atoms with Crippen molar-refractivity contribution in [3.8, 4) is 0 Å². The number of hydrogen-bond acceptors (Lipinski definition) is 2. The van der Waals surface area contributed by atoms with Crippen LogP contribution < -0.4 is 0 Å². The fraction of sp³-hybridized carbons (Fsp3) is 0.778. The molecule has 0 aliphatic heterocycles. The average Bonchev–Trinajstić information content (AvgIpc) is 2.04. The van der Waals surface area contributed by atoms with E-state index in [1.54, 1.807) is 0 Å². The summed E-state index contributed by atoms with van der Waals surface area (Å²) in [5.41, 5.74) is 0. The molecular formula is C9H15O3. The van der Waals surface area contributed by atoms with E-state index in [2.05, 4.69) is 0 Å². The molecule has 0 aromatic heterocycles. The number of rotatable bonds is 7. The Hall–Kier alpha value is -0.860. The molecule has 1 atom stereocenters. The lowest BCUT2D eigenvalue weighted by atomic mass is 10.0. The minimum Gasteiger partial charge on any atom is -0.481 e. The first kappa shape index (κ1) is 11.1. The molecule has 0 amide bonds. The van der Waals surface area contributed by atoms with Crippen LogP contribution in [0.1, 0.15) is 39.0 Å². The van der Waals surface area contributed by atoms with E-state index in [0.29, 0.717) is 6.42 Å². The first-order chi connectivity index (χ1) is 5.70. The van der Waals surface area contributed by atoms with Crippen LogP contribution in [0.2, 0.25) is 0 Å². The van der Waals surface area contributed by atoms with Crippen molar-refractivity contribution in [2.45, 2.75) is 39.0 Å². The Morgan fingerprint density at radius 1 is 1.50 bits per heavy atom. The smallest absolute Gasteiger partial charge is 0.303 e. The van der Waals surface area contributed by atoms with Gasteiger partial charge in [-0.2, -0.15) is 0 Å². The van der Waals surface area contributed by atoms with Crippen molar-refractivity contribution in [2.75, 3.05) is 0 Å². The molecule has 3 heteroatoms. The molecule has 0 saturated carbocycles. The second-order valence-corrected chi connectivity index (χ2v) is 2.86. The monoisotopic (exact) mass is 171 g/mol. The van der Waals surface area contributed by atoms with Crippen LogP contribution in [0.5, 0.6) is 0 Å². The molecule has 0 saturated heterocycles. The first-order valence-corrected chi connectivity index (χ1v) is 4.30. The maximum Gasteiger partial charge on any atom is 0.303 e. The molecule has 0 aromatic carbocycles. The van der Waals surface area contributed by atoms with Crippen LogP contribution in [0.4, 0.5) is 0 Å². The Bertz CT molecular complexity index is 143. The van der Waals surface area contributed by atoms with Gasteiger partial charge in [-0.15, -0.1) is 0 Å².